The molecule has 1 aromatic heterocycles. The third-order valence-corrected chi connectivity index (χ3v) is 16.4. The van der Waals surface area contributed by atoms with Crippen LogP contribution in [0.15, 0.2) is 85.1 Å². The van der Waals surface area contributed by atoms with Crippen molar-refractivity contribution in [2.75, 3.05) is 6.54 Å². The first-order chi connectivity index (χ1) is 52.1. The van der Waals surface area contributed by atoms with Crippen LogP contribution in [0.5, 0.6) is 5.75 Å². The molecule has 4 aromatic rings. The summed E-state index contributed by atoms with van der Waals surface area (Å²) in [6, 6.07) is -2.04. The molecule has 4 rings (SSSR count). The van der Waals surface area contributed by atoms with Gasteiger partial charge in [-0.2, -0.15) is 0 Å². The van der Waals surface area contributed by atoms with Crippen molar-refractivity contribution in [3.05, 3.63) is 102 Å². The number of nitrogens with two attached hydrogens (primary N) is 2. The fourth-order valence-corrected chi connectivity index (χ4v) is 10.9. The molecule has 602 valence electrons. The van der Waals surface area contributed by atoms with E-state index in [9.17, 15) is 127 Å². The molecule has 0 radical (unpaired) electrons. The van der Waals surface area contributed by atoms with Crippen molar-refractivity contribution >= 4 is 124 Å². The molecule has 41 nitrogen and oxygen atoms in total. The number of carboxylic acids is 6. The molecular weight excluding hydrogens is 1470 g/mol. The van der Waals surface area contributed by atoms with E-state index in [0.29, 0.717) is 22.0 Å². The van der Waals surface area contributed by atoms with E-state index in [4.69, 9.17) is 11.5 Å². The van der Waals surface area contributed by atoms with E-state index in [1.54, 1.807) is 88.5 Å². The summed E-state index contributed by atoms with van der Waals surface area (Å²) in [6.07, 6.45) is -6.96. The highest BCUT2D eigenvalue weighted by molar-refractivity contribution is 6.02. The van der Waals surface area contributed by atoms with Crippen molar-refractivity contribution in [1.82, 2.24) is 68.8 Å². The van der Waals surface area contributed by atoms with E-state index in [0.717, 1.165) is 6.92 Å². The average molecular weight is 1560 g/mol. The van der Waals surface area contributed by atoms with Gasteiger partial charge in [0.1, 0.15) is 72.2 Å². The van der Waals surface area contributed by atoms with Crippen LogP contribution in [0.2, 0.25) is 0 Å². The zero-order valence-corrected chi connectivity index (χ0v) is 60.7. The molecular formula is C70H91N15O26. The van der Waals surface area contributed by atoms with Crippen molar-refractivity contribution in [3.8, 4) is 5.75 Å². The lowest BCUT2D eigenvalue weighted by atomic mass is 10.00. The standard InChI is InChI=1S/C70H91N15O26/c1-32(2)19-40(71)61(102)79-47(25-54(90)91)67(108)83-50(28-57(96)97)69(110)85-51(29-58(98)99)70(111)84-49(27-56(94)95)68(109)81-46(24-53(88)89)63(104)75-34(5)60(101)78-44(22-36-15-17-38(86)18-16-36)62(103)74-31-52(87)76-45(23-37-30-73-41-14-10-9-13-39(37)41)65(106)80-43(20-33(3)4)64(105)82-48(26-55(92)93)66(107)77-42(59(72)100)21-35-11-7-6-8-12-35/h6-18,30,32-34,40,42-51,73,86H,19-29,31,71H2,1-5H3,(H2,72,100)(H,74,103)(H,75,104)(H,76,87)(H,77,107)(H,78,101)(H,79,102)(H,80,106)(H,81,109)(H,82,105)(H,83,108)(H,84,111)(H,85,110)(H,88,89)(H,90,91)(H,92,93)(H,94,95)(H,96,97)(H,98,99). The van der Waals surface area contributed by atoms with Crippen molar-refractivity contribution in [2.45, 2.75) is 178 Å². The summed E-state index contributed by atoms with van der Waals surface area (Å²) >= 11 is 0. The smallest absolute Gasteiger partial charge is 0.305 e. The van der Waals surface area contributed by atoms with Crippen LogP contribution in [-0.4, -0.2) is 232 Å². The number of carboxylic acid groups (broad SMARTS) is 6. The maximum Gasteiger partial charge on any atom is 0.305 e. The maximum absolute atomic E-state index is 14.6. The predicted molar refractivity (Wildman–Crippen MR) is 383 cm³/mol. The van der Waals surface area contributed by atoms with Crippen LogP contribution in [-0.2, 0) is 110 Å². The normalized spacial score (nSPS) is 14.3. The first-order valence-corrected chi connectivity index (χ1v) is 34.4. The maximum atomic E-state index is 14.6. The van der Waals surface area contributed by atoms with Gasteiger partial charge in [0.05, 0.1) is 51.1 Å². The minimum Gasteiger partial charge on any atom is -0.508 e. The van der Waals surface area contributed by atoms with Gasteiger partial charge in [0, 0.05) is 36.4 Å². The number of H-pyrrole nitrogens is 1. The van der Waals surface area contributed by atoms with Gasteiger partial charge >= 0.3 is 35.8 Å². The number of benzene rings is 3. The van der Waals surface area contributed by atoms with E-state index in [1.807, 2.05) is 21.3 Å². The number of para-hydroxylation sites is 1. The number of phenols is 1. The molecule has 0 aliphatic carbocycles. The van der Waals surface area contributed by atoms with Crippen LogP contribution in [0, 0.1) is 11.8 Å². The topological polar surface area (TPSA) is 678 Å². The number of aromatic amines is 1. The molecule has 12 atom stereocenters. The molecule has 0 aliphatic rings. The van der Waals surface area contributed by atoms with Crippen LogP contribution >= 0.6 is 0 Å². The molecule has 0 spiro atoms. The predicted octanol–water partition coefficient (Wildman–Crippen LogP) is -4.88. The zero-order valence-electron chi connectivity index (χ0n) is 60.7. The SMILES string of the molecule is CC(C)CC(N)C(=O)NC(CC(=O)O)C(=O)NC(CC(=O)O)C(=O)NC(CC(=O)O)C(=O)NC(CC(=O)O)C(=O)NC(CC(=O)O)C(=O)NC(C)C(=O)NC(Cc1ccc(O)cc1)C(=O)NCC(=O)NC(Cc1c[nH]c2ccccc12)C(=O)NC(CC(C)C)C(=O)NC(CC(=O)O)C(=O)NC(Cc1ccccc1)C(N)=O. The van der Waals surface area contributed by atoms with Gasteiger partial charge in [0.25, 0.3) is 0 Å². The van der Waals surface area contributed by atoms with Crippen LogP contribution in [0.25, 0.3) is 10.9 Å². The Kier molecular flexibility index (Phi) is 35.5. The summed E-state index contributed by atoms with van der Waals surface area (Å²) in [5.74, 6) is -27.8. The largest absolute Gasteiger partial charge is 0.508 e. The van der Waals surface area contributed by atoms with Gasteiger partial charge in [-0.15, -0.1) is 0 Å². The molecule has 0 saturated heterocycles. The summed E-state index contributed by atoms with van der Waals surface area (Å²) in [6.45, 7) is 6.81. The van der Waals surface area contributed by atoms with Crippen LogP contribution < -0.4 is 75.3 Å². The number of primary amides is 1. The lowest BCUT2D eigenvalue weighted by Crippen LogP contribution is -2.61. The highest BCUT2D eigenvalue weighted by Crippen LogP contribution is 2.21. The number of phenolic OH excluding ortho intramolecular Hbond substituents is 1. The number of nitrogens with one attached hydrogen (secondary N) is 13. The number of hydrogen-bond acceptors (Lipinski definition) is 21. The Morgan fingerprint density at radius 1 is 0.360 bits per heavy atom. The fraction of sp³-hybridized carbons (Fsp3) is 0.443. The first-order valence-electron chi connectivity index (χ1n) is 34.4. The number of carbonyl (C=O) groups is 19. The monoisotopic (exact) mass is 1560 g/mol. The summed E-state index contributed by atoms with van der Waals surface area (Å²) in [4.78, 5) is 253. The number of aromatic hydroxyl groups is 1. The van der Waals surface area contributed by atoms with Gasteiger partial charge in [0.2, 0.25) is 76.8 Å². The van der Waals surface area contributed by atoms with Crippen LogP contribution in [0.4, 0.5) is 0 Å². The number of carbonyl (C=O) groups excluding carboxylic acids is 13. The van der Waals surface area contributed by atoms with Crippen LogP contribution in [0.3, 0.4) is 0 Å². The van der Waals surface area contributed by atoms with Gasteiger partial charge in [-0.3, -0.25) is 91.1 Å². The molecule has 41 heteroatoms. The Bertz CT molecular complexity index is 4080. The minimum atomic E-state index is -2.39. The summed E-state index contributed by atoms with van der Waals surface area (Å²) in [7, 11) is 0. The van der Waals surface area contributed by atoms with Gasteiger partial charge in [-0.25, -0.2) is 0 Å². The van der Waals surface area contributed by atoms with E-state index < -0.39 is 237 Å². The fourth-order valence-electron chi connectivity index (χ4n) is 10.9. The van der Waals surface area contributed by atoms with Gasteiger partial charge < -0.3 is 116 Å². The van der Waals surface area contributed by atoms with Crippen molar-refractivity contribution < 1.29 is 127 Å². The van der Waals surface area contributed by atoms with Gasteiger partial charge in [-0.1, -0.05) is 88.4 Å². The Morgan fingerprint density at radius 3 is 1.13 bits per heavy atom. The molecule has 0 aliphatic heterocycles. The number of aromatic nitrogens is 1. The molecule has 12 unspecified atom stereocenters. The molecule has 111 heavy (non-hydrogen) atoms. The lowest BCUT2D eigenvalue weighted by molar-refractivity contribution is -0.145. The van der Waals surface area contributed by atoms with E-state index in [-0.39, 0.29) is 48.8 Å². The Labute approximate surface area is 632 Å². The number of fused-ring (bicyclic) bond motifs is 1. The third kappa shape index (κ3) is 31.7. The second-order valence-electron chi connectivity index (χ2n) is 26.6. The molecule has 0 saturated carbocycles. The Hall–Kier alpha value is -13.1. The Balaban J connectivity index is 1.55. The van der Waals surface area contributed by atoms with Crippen LogP contribution in [0.1, 0.15) is 103 Å². The van der Waals surface area contributed by atoms with Crippen molar-refractivity contribution in [1.29, 1.82) is 0 Å². The highest BCUT2D eigenvalue weighted by atomic mass is 16.4. The van der Waals surface area contributed by atoms with Crippen molar-refractivity contribution in [3.63, 3.8) is 0 Å². The highest BCUT2D eigenvalue weighted by Gasteiger charge is 2.39. The summed E-state index contributed by atoms with van der Waals surface area (Å²) < 4.78 is 0. The molecule has 13 amide bonds. The summed E-state index contributed by atoms with van der Waals surface area (Å²) in [5.41, 5.74) is 13.4. The first kappa shape index (κ1) is 90.3. The number of amides is 13. The van der Waals surface area contributed by atoms with E-state index in [2.05, 4.69) is 47.5 Å². The number of aliphatic carboxylic acids is 6. The third-order valence-electron chi connectivity index (χ3n) is 16.4. The molecule has 0 fully saturated rings. The minimum absolute atomic E-state index is 0.0594. The Morgan fingerprint density at radius 2 is 0.703 bits per heavy atom. The second kappa shape index (κ2) is 43.6. The molecule has 1 heterocycles. The average Bonchev–Trinajstić information content (AvgIpc) is 1.72. The number of rotatable bonds is 47. The van der Waals surface area contributed by atoms with Gasteiger partial charge in [-0.05, 0) is 66.5 Å². The quantitative estimate of drug-likeness (QED) is 0.0197. The van der Waals surface area contributed by atoms with E-state index in [1.165, 1.54) is 24.3 Å². The molecule has 3 aromatic carbocycles. The number of hydrogen-bond donors (Lipinski definition) is 22. The van der Waals surface area contributed by atoms with Gasteiger partial charge in [0.15, 0.2) is 0 Å². The van der Waals surface area contributed by atoms with E-state index >= 15 is 0 Å². The van der Waals surface area contributed by atoms with Crippen molar-refractivity contribution in [2.24, 2.45) is 23.3 Å². The molecule has 24 N–H and O–H groups in total. The second-order valence-corrected chi connectivity index (χ2v) is 26.6. The summed E-state index contributed by atoms with van der Waals surface area (Å²) in [5, 5.41) is 95.1. The molecule has 0 bridgehead atoms. The lowest BCUT2D eigenvalue weighted by Gasteiger charge is -2.27. The zero-order chi connectivity index (χ0) is 83.1.